The zero-order valence-corrected chi connectivity index (χ0v) is 14.2. The van der Waals surface area contributed by atoms with Crippen LogP contribution in [0.4, 0.5) is 0 Å². The molecule has 0 saturated carbocycles. The minimum absolute atomic E-state index is 0.0653. The quantitative estimate of drug-likeness (QED) is 0.642. The SMILES string of the molecule is COc1cc(O)c(C(C)=NNC(=O)c2cccc(Cl)c2)c(OC)c1. The fourth-order valence-corrected chi connectivity index (χ4v) is 2.29. The van der Waals surface area contributed by atoms with Gasteiger partial charge in [-0.15, -0.1) is 0 Å². The van der Waals surface area contributed by atoms with Gasteiger partial charge in [-0.2, -0.15) is 5.10 Å². The number of nitrogens with one attached hydrogen (secondary N) is 1. The topological polar surface area (TPSA) is 80.2 Å². The summed E-state index contributed by atoms with van der Waals surface area (Å²) in [5.41, 5.74) is 3.55. The number of hydrazone groups is 1. The van der Waals surface area contributed by atoms with Crippen molar-refractivity contribution in [2.75, 3.05) is 14.2 Å². The number of methoxy groups -OCH3 is 2. The summed E-state index contributed by atoms with van der Waals surface area (Å²) in [5.74, 6) is 0.349. The van der Waals surface area contributed by atoms with Crippen molar-refractivity contribution in [2.24, 2.45) is 5.10 Å². The maximum absolute atomic E-state index is 12.1. The zero-order valence-electron chi connectivity index (χ0n) is 13.5. The third-order valence-corrected chi connectivity index (χ3v) is 3.52. The van der Waals surface area contributed by atoms with E-state index in [1.54, 1.807) is 31.2 Å². The number of rotatable bonds is 5. The number of hydrogen-bond donors (Lipinski definition) is 2. The summed E-state index contributed by atoms with van der Waals surface area (Å²) < 4.78 is 10.3. The van der Waals surface area contributed by atoms with E-state index in [0.29, 0.717) is 33.4 Å². The first kappa shape index (κ1) is 17.6. The van der Waals surface area contributed by atoms with Gasteiger partial charge in [0.2, 0.25) is 0 Å². The van der Waals surface area contributed by atoms with Gasteiger partial charge in [-0.1, -0.05) is 17.7 Å². The van der Waals surface area contributed by atoms with Crippen LogP contribution in [0.2, 0.25) is 5.02 Å². The molecule has 0 radical (unpaired) electrons. The molecule has 0 aliphatic heterocycles. The lowest BCUT2D eigenvalue weighted by molar-refractivity contribution is 0.0955. The molecule has 7 heteroatoms. The van der Waals surface area contributed by atoms with E-state index >= 15 is 0 Å². The predicted molar refractivity (Wildman–Crippen MR) is 92.3 cm³/mol. The summed E-state index contributed by atoms with van der Waals surface area (Å²) in [6, 6.07) is 9.56. The second-order valence-corrected chi connectivity index (χ2v) is 5.31. The summed E-state index contributed by atoms with van der Waals surface area (Å²) >= 11 is 5.86. The first-order valence-corrected chi connectivity index (χ1v) is 7.39. The van der Waals surface area contributed by atoms with E-state index in [2.05, 4.69) is 10.5 Å². The number of halogens is 1. The maximum Gasteiger partial charge on any atom is 0.271 e. The van der Waals surface area contributed by atoms with Crippen LogP contribution >= 0.6 is 11.6 Å². The smallest absolute Gasteiger partial charge is 0.271 e. The van der Waals surface area contributed by atoms with Crippen molar-refractivity contribution >= 4 is 23.2 Å². The molecule has 0 heterocycles. The second kappa shape index (κ2) is 7.70. The van der Waals surface area contributed by atoms with Crippen molar-refractivity contribution in [3.63, 3.8) is 0 Å². The molecule has 0 bridgehead atoms. The van der Waals surface area contributed by atoms with Gasteiger partial charge in [-0.05, 0) is 25.1 Å². The fraction of sp³-hybridized carbons (Fsp3) is 0.176. The van der Waals surface area contributed by atoms with Crippen molar-refractivity contribution in [1.29, 1.82) is 0 Å². The maximum atomic E-state index is 12.1. The number of hydrogen-bond acceptors (Lipinski definition) is 5. The average molecular weight is 349 g/mol. The Labute approximate surface area is 144 Å². The van der Waals surface area contributed by atoms with Gasteiger partial charge in [0, 0.05) is 22.7 Å². The van der Waals surface area contributed by atoms with E-state index in [9.17, 15) is 9.90 Å². The number of phenols is 1. The van der Waals surface area contributed by atoms with Crippen molar-refractivity contribution in [1.82, 2.24) is 5.43 Å². The van der Waals surface area contributed by atoms with Crippen LogP contribution in [0, 0.1) is 0 Å². The number of benzene rings is 2. The number of amides is 1. The van der Waals surface area contributed by atoms with Gasteiger partial charge in [-0.25, -0.2) is 5.43 Å². The summed E-state index contributed by atoms with van der Waals surface area (Å²) in [4.78, 5) is 12.1. The standard InChI is InChI=1S/C17H17ClN2O4/c1-10(16-14(21)8-13(23-2)9-15(16)24-3)19-20-17(22)11-5-4-6-12(18)7-11/h4-9,21H,1-3H3,(H,20,22). The Morgan fingerprint density at radius 3 is 2.58 bits per heavy atom. The lowest BCUT2D eigenvalue weighted by Gasteiger charge is -2.12. The van der Waals surface area contributed by atoms with Gasteiger partial charge < -0.3 is 14.6 Å². The second-order valence-electron chi connectivity index (χ2n) is 4.87. The Morgan fingerprint density at radius 2 is 1.96 bits per heavy atom. The normalized spacial score (nSPS) is 11.1. The van der Waals surface area contributed by atoms with Crippen molar-refractivity contribution in [2.45, 2.75) is 6.92 Å². The van der Waals surface area contributed by atoms with E-state index < -0.39 is 5.91 Å². The van der Waals surface area contributed by atoms with E-state index in [1.165, 1.54) is 26.4 Å². The Morgan fingerprint density at radius 1 is 1.21 bits per heavy atom. The minimum Gasteiger partial charge on any atom is -0.507 e. The van der Waals surface area contributed by atoms with Gasteiger partial charge in [0.05, 0.1) is 25.5 Å². The lowest BCUT2D eigenvalue weighted by atomic mass is 10.1. The molecule has 24 heavy (non-hydrogen) atoms. The third-order valence-electron chi connectivity index (χ3n) is 3.28. The highest BCUT2D eigenvalue weighted by Gasteiger charge is 2.15. The lowest BCUT2D eigenvalue weighted by Crippen LogP contribution is -2.19. The van der Waals surface area contributed by atoms with Crippen molar-refractivity contribution < 1.29 is 19.4 Å². The molecule has 0 unspecified atom stereocenters. The molecule has 0 aliphatic carbocycles. The number of carbonyl (C=O) groups excluding carboxylic acids is 1. The fourth-order valence-electron chi connectivity index (χ4n) is 2.10. The van der Waals surface area contributed by atoms with Crippen LogP contribution in [0.15, 0.2) is 41.5 Å². The molecule has 0 saturated heterocycles. The number of carbonyl (C=O) groups is 1. The number of phenolic OH excluding ortho intramolecular Hbond substituents is 1. The molecule has 126 valence electrons. The molecule has 0 spiro atoms. The van der Waals surface area contributed by atoms with Gasteiger partial charge in [-0.3, -0.25) is 4.79 Å². The van der Waals surface area contributed by atoms with Crippen molar-refractivity contribution in [3.8, 4) is 17.2 Å². The van der Waals surface area contributed by atoms with Crippen LogP contribution in [0.25, 0.3) is 0 Å². The van der Waals surface area contributed by atoms with Gasteiger partial charge in [0.15, 0.2) is 0 Å². The molecule has 0 atom stereocenters. The summed E-state index contributed by atoms with van der Waals surface area (Å²) in [6.45, 7) is 1.64. The Balaban J connectivity index is 2.26. The van der Waals surface area contributed by atoms with Crippen LogP contribution in [-0.4, -0.2) is 30.9 Å². The van der Waals surface area contributed by atoms with Crippen LogP contribution in [0.3, 0.4) is 0 Å². The molecule has 0 fully saturated rings. The third kappa shape index (κ3) is 3.97. The molecule has 1 amide bonds. The van der Waals surface area contributed by atoms with Gasteiger partial charge in [0.1, 0.15) is 17.2 Å². The highest BCUT2D eigenvalue weighted by Crippen LogP contribution is 2.33. The van der Waals surface area contributed by atoms with Crippen LogP contribution in [0.1, 0.15) is 22.8 Å². The molecular formula is C17H17ClN2O4. The molecule has 2 rings (SSSR count). The van der Waals surface area contributed by atoms with Gasteiger partial charge in [0.25, 0.3) is 5.91 Å². The number of nitrogens with zero attached hydrogens (tertiary/aromatic N) is 1. The predicted octanol–water partition coefficient (Wildman–Crippen LogP) is 3.22. The largest absolute Gasteiger partial charge is 0.507 e. The first-order chi connectivity index (χ1) is 11.5. The van der Waals surface area contributed by atoms with Crippen LogP contribution < -0.4 is 14.9 Å². The Hall–Kier alpha value is -2.73. The average Bonchev–Trinajstić information content (AvgIpc) is 2.58. The molecule has 0 aromatic heterocycles. The molecule has 2 aromatic carbocycles. The summed E-state index contributed by atoms with van der Waals surface area (Å²) in [6.07, 6.45) is 0. The minimum atomic E-state index is -0.413. The van der Waals surface area contributed by atoms with E-state index in [0.717, 1.165) is 0 Å². The zero-order chi connectivity index (χ0) is 17.7. The number of aromatic hydroxyl groups is 1. The van der Waals surface area contributed by atoms with Crippen molar-refractivity contribution in [3.05, 3.63) is 52.5 Å². The molecule has 6 nitrogen and oxygen atoms in total. The van der Waals surface area contributed by atoms with Gasteiger partial charge >= 0.3 is 0 Å². The number of ether oxygens (including phenoxy) is 2. The highest BCUT2D eigenvalue weighted by molar-refractivity contribution is 6.30. The highest BCUT2D eigenvalue weighted by atomic mass is 35.5. The van der Waals surface area contributed by atoms with E-state index in [4.69, 9.17) is 21.1 Å². The summed E-state index contributed by atoms with van der Waals surface area (Å²) in [5, 5.41) is 14.6. The molecule has 2 N–H and O–H groups in total. The Kier molecular flexibility index (Phi) is 5.65. The Bertz CT molecular complexity index is 790. The molecular weight excluding hydrogens is 332 g/mol. The van der Waals surface area contributed by atoms with E-state index in [1.807, 2.05) is 0 Å². The monoisotopic (exact) mass is 348 g/mol. The molecule has 2 aromatic rings. The van der Waals surface area contributed by atoms with Crippen LogP contribution in [-0.2, 0) is 0 Å². The van der Waals surface area contributed by atoms with E-state index in [-0.39, 0.29) is 5.75 Å². The van der Waals surface area contributed by atoms with Crippen LogP contribution in [0.5, 0.6) is 17.2 Å². The first-order valence-electron chi connectivity index (χ1n) is 7.01. The molecule has 0 aliphatic rings. The summed E-state index contributed by atoms with van der Waals surface area (Å²) in [7, 11) is 2.95.